The number of nitrogens with two attached hydrogens (primary N) is 1. The number of carbonyl (C=O) groups is 3. The molecule has 10 nitrogen and oxygen atoms in total. The van der Waals surface area contributed by atoms with E-state index in [2.05, 4.69) is 88.2 Å². The van der Waals surface area contributed by atoms with Crippen LogP contribution >= 0.6 is 7.82 Å². The summed E-state index contributed by atoms with van der Waals surface area (Å²) in [5.41, 5.74) is 4.47. The van der Waals surface area contributed by atoms with Gasteiger partial charge in [-0.2, -0.15) is 0 Å². The van der Waals surface area contributed by atoms with Crippen molar-refractivity contribution in [1.82, 2.24) is 0 Å². The zero-order chi connectivity index (χ0) is 29.8. The Labute approximate surface area is 305 Å². The molecule has 0 aromatic heterocycles. The Kier molecular flexibility index (Phi) is 35.4. The van der Waals surface area contributed by atoms with E-state index in [0.717, 1.165) is 25.7 Å². The third-order valence-electron chi connectivity index (χ3n) is 3.46. The predicted octanol–water partition coefficient (Wildman–Crippen LogP) is -3.00. The molecular formula is C28H52NNa2O9P. The van der Waals surface area contributed by atoms with Gasteiger partial charge in [0.2, 0.25) is 5.91 Å². The molecule has 0 bridgehead atoms. The Balaban J connectivity index is -0.0000000456. The molecule has 0 aromatic rings. The van der Waals surface area contributed by atoms with Crippen LogP contribution in [0.25, 0.3) is 0 Å². The van der Waals surface area contributed by atoms with E-state index in [1.54, 1.807) is 0 Å². The van der Waals surface area contributed by atoms with Crippen LogP contribution in [-0.4, -0.2) is 37.2 Å². The molecule has 0 radical (unpaired) electrons. The van der Waals surface area contributed by atoms with Gasteiger partial charge in [-0.1, -0.05) is 32.6 Å². The van der Waals surface area contributed by atoms with Gasteiger partial charge in [-0.25, -0.2) is 4.79 Å². The molecule has 0 aliphatic heterocycles. The topological polar surface area (TPSA) is 168 Å². The largest absolute Gasteiger partial charge is 1.00 e. The molecule has 0 rings (SSSR count). The van der Waals surface area contributed by atoms with Crippen LogP contribution in [0.4, 0.5) is 0 Å². The molecule has 0 spiro atoms. The first-order valence-corrected chi connectivity index (χ1v) is 12.7. The smallest absolute Gasteiger partial charge is 0.790 e. The maximum absolute atomic E-state index is 11.9. The second-order valence-corrected chi connectivity index (χ2v) is 8.03. The zero-order valence-electron chi connectivity index (χ0n) is 23.5. The Hall–Kier alpha value is -2.56. The minimum Gasteiger partial charge on any atom is -0.790 e. The summed E-state index contributed by atoms with van der Waals surface area (Å²) in [6, 6.07) is 0. The SMILES string of the molecule is C#CC#CC#CC#CC#CC#CC#CC(=O)OC[C@@H](COP(=O)([O-])[O-])OC(=O)CCCCCCC.CC(N)=O.[HH].[HH].[HH].[HH].[HH].[HH].[HH].[HH].[HH].[HH].[HH].[HH].[HH].[Na+].[Na+]. The molecule has 0 unspecified atom stereocenters. The number of unbranched alkanes of at least 4 members (excludes halogenated alkanes) is 4. The molecule has 0 fully saturated rings. The fourth-order valence-electron chi connectivity index (χ4n) is 2.01. The van der Waals surface area contributed by atoms with Crippen LogP contribution < -0.4 is 74.6 Å². The number of esters is 2. The Morgan fingerprint density at radius 1 is 0.854 bits per heavy atom. The number of ether oxygens (including phenoxy) is 2. The van der Waals surface area contributed by atoms with Crippen molar-refractivity contribution in [1.29, 1.82) is 0 Å². The first-order chi connectivity index (χ1) is 18.5. The number of amides is 1. The maximum Gasteiger partial charge on any atom is 1.00 e. The van der Waals surface area contributed by atoms with E-state index in [-0.39, 0.29) is 90.0 Å². The molecule has 0 aliphatic carbocycles. The molecule has 1 atom stereocenters. The van der Waals surface area contributed by atoms with E-state index in [1.807, 2.05) is 5.92 Å². The molecule has 2 N–H and O–H groups in total. The molecular weight excluding hydrogens is 571 g/mol. The summed E-state index contributed by atoms with van der Waals surface area (Å²) in [5.74, 6) is 27.9. The number of primary amides is 1. The van der Waals surface area contributed by atoms with Crippen LogP contribution in [0.5, 0.6) is 0 Å². The average Bonchev–Trinajstić information content (AvgIpc) is 2.85. The third kappa shape index (κ3) is 42.1. The summed E-state index contributed by atoms with van der Waals surface area (Å²) in [7, 11) is -5.31. The van der Waals surface area contributed by atoms with Gasteiger partial charge >= 0.3 is 71.1 Å². The number of hydrogen-bond acceptors (Lipinski definition) is 9. The maximum atomic E-state index is 11.9. The summed E-state index contributed by atoms with van der Waals surface area (Å²) in [6.07, 6.45) is 8.20. The van der Waals surface area contributed by atoms with Crippen molar-refractivity contribution < 1.29 is 120 Å². The van der Waals surface area contributed by atoms with Gasteiger partial charge in [0.1, 0.15) is 6.61 Å². The number of rotatable bonds is 12. The van der Waals surface area contributed by atoms with Gasteiger partial charge in [-0.05, 0) is 77.5 Å². The fraction of sp³-hybridized carbons (Fsp3) is 0.393. The molecule has 0 heterocycles. The van der Waals surface area contributed by atoms with Gasteiger partial charge < -0.3 is 34.1 Å². The van der Waals surface area contributed by atoms with Crippen molar-refractivity contribution in [2.24, 2.45) is 5.73 Å². The van der Waals surface area contributed by atoms with Crippen LogP contribution in [0.3, 0.4) is 0 Å². The van der Waals surface area contributed by atoms with Crippen molar-refractivity contribution in [2.75, 3.05) is 13.2 Å². The van der Waals surface area contributed by atoms with Crippen molar-refractivity contribution in [3.63, 3.8) is 0 Å². The monoisotopic (exact) mass is 623 g/mol. The molecule has 230 valence electrons. The number of hydrogen-bond donors (Lipinski definition) is 1. The second kappa shape index (κ2) is 32.0. The van der Waals surface area contributed by atoms with E-state index in [9.17, 15) is 28.7 Å². The van der Waals surface area contributed by atoms with Crippen molar-refractivity contribution in [3.8, 4) is 83.4 Å². The van der Waals surface area contributed by atoms with Crippen LogP contribution in [0.15, 0.2) is 0 Å². The van der Waals surface area contributed by atoms with Gasteiger partial charge in [0, 0.05) is 37.8 Å². The van der Waals surface area contributed by atoms with Gasteiger partial charge in [-0.15, -0.1) is 6.42 Å². The number of carbonyl (C=O) groups excluding carboxylic acids is 3. The van der Waals surface area contributed by atoms with E-state index in [1.165, 1.54) is 6.92 Å². The summed E-state index contributed by atoms with van der Waals surface area (Å²) in [6.45, 7) is 2.01. The minimum atomic E-state index is -5.31. The summed E-state index contributed by atoms with van der Waals surface area (Å²) in [5, 5.41) is 0. The second-order valence-electron chi connectivity index (χ2n) is 6.87. The van der Waals surface area contributed by atoms with E-state index in [4.69, 9.17) is 15.9 Å². The minimum absolute atomic E-state index is 0. The van der Waals surface area contributed by atoms with Crippen LogP contribution in [0, 0.1) is 83.4 Å². The molecule has 0 aliphatic rings. The molecule has 1 amide bonds. The number of terminal acetylenes is 1. The van der Waals surface area contributed by atoms with Crippen molar-refractivity contribution in [2.45, 2.75) is 58.5 Å². The Bertz CT molecular complexity index is 1340. The summed E-state index contributed by atoms with van der Waals surface area (Å²) in [4.78, 5) is 54.2. The zero-order valence-corrected chi connectivity index (χ0v) is 28.4. The number of phosphoric acid groups is 1. The Morgan fingerprint density at radius 2 is 1.32 bits per heavy atom. The van der Waals surface area contributed by atoms with Crippen LogP contribution in [0.1, 0.15) is 70.9 Å². The van der Waals surface area contributed by atoms with Crippen LogP contribution in [-0.2, 0) is 32.9 Å². The fourth-order valence-corrected chi connectivity index (χ4v) is 2.36. The quantitative estimate of drug-likeness (QED) is 0.0595. The van der Waals surface area contributed by atoms with Gasteiger partial charge in [-0.3, -0.25) is 9.59 Å². The average molecular weight is 624 g/mol. The third-order valence-corrected chi connectivity index (χ3v) is 3.93. The normalized spacial score (nSPS) is 8.66. The van der Waals surface area contributed by atoms with E-state index < -0.39 is 39.1 Å². The first-order valence-electron chi connectivity index (χ1n) is 11.3. The van der Waals surface area contributed by atoms with Gasteiger partial charge in [0.05, 0.1) is 14.4 Å². The standard InChI is InChI=1S/C26H23O8P.C2H5NO.2Na.13H2/c1-3-5-7-9-10-11-12-13-14-15-17-18-20-25(27)32-22-24(23-33-35(29,30)31)34-26(28)21-19-16-8-6-4-2;1-2(3)4;;;;;;;;;;;;;;;/h1,24H,4,6,8,16,19,21-23H2,2H3,(H2,29,30,31);1H3,(H2,3,4);;;13*1H/q;;2*+1;;;;;;;;;;;;;/p-2/t24-;;;;;;;;;;;;;;;;/m0................/s1. The van der Waals surface area contributed by atoms with Crippen molar-refractivity contribution >= 4 is 25.7 Å². The van der Waals surface area contributed by atoms with E-state index in [0.29, 0.717) is 6.42 Å². The summed E-state index contributed by atoms with van der Waals surface area (Å²) >= 11 is 0. The number of phosphoric ester groups is 1. The van der Waals surface area contributed by atoms with Crippen molar-refractivity contribution in [3.05, 3.63) is 0 Å². The molecule has 41 heavy (non-hydrogen) atoms. The molecule has 0 saturated heterocycles. The Morgan fingerprint density at radius 3 is 1.78 bits per heavy atom. The van der Waals surface area contributed by atoms with Gasteiger partial charge in [0.25, 0.3) is 0 Å². The van der Waals surface area contributed by atoms with Crippen LogP contribution in [0.2, 0.25) is 0 Å². The predicted molar refractivity (Wildman–Crippen MR) is 166 cm³/mol. The summed E-state index contributed by atoms with van der Waals surface area (Å²) < 4.78 is 24.7. The first kappa shape index (κ1) is 45.4. The molecule has 0 saturated carbocycles. The molecule has 13 heteroatoms. The van der Waals surface area contributed by atoms with E-state index >= 15 is 0 Å². The molecule has 0 aromatic carbocycles. The van der Waals surface area contributed by atoms with Gasteiger partial charge in [0.15, 0.2) is 6.10 Å².